The highest BCUT2D eigenvalue weighted by Gasteiger charge is 2.26. The van der Waals surface area contributed by atoms with Gasteiger partial charge in [0, 0.05) is 16.8 Å². The lowest BCUT2D eigenvalue weighted by molar-refractivity contribution is 0.0718. The van der Waals surface area contributed by atoms with E-state index in [-0.39, 0.29) is 5.75 Å². The molecule has 0 bridgehead atoms. The minimum atomic E-state index is -1.35. The average molecular weight is 260 g/mol. The first kappa shape index (κ1) is 13.9. The molecule has 1 aromatic rings. The number of benzene rings is 1. The van der Waals surface area contributed by atoms with Gasteiger partial charge >= 0.3 is 0 Å². The van der Waals surface area contributed by atoms with Crippen LogP contribution >= 0.6 is 11.6 Å². The largest absolute Gasteiger partial charge is 0.507 e. The van der Waals surface area contributed by atoms with Crippen molar-refractivity contribution in [1.29, 1.82) is 0 Å². The molecule has 0 saturated carbocycles. The molecule has 5 nitrogen and oxygen atoms in total. The highest BCUT2D eigenvalue weighted by molar-refractivity contribution is 6.30. The van der Waals surface area contributed by atoms with E-state index in [2.05, 4.69) is 4.99 Å². The Morgan fingerprint density at radius 1 is 1.18 bits per heavy atom. The van der Waals surface area contributed by atoms with Gasteiger partial charge in [-0.15, -0.1) is 0 Å². The van der Waals surface area contributed by atoms with Crippen LogP contribution in [0.4, 0.5) is 0 Å². The summed E-state index contributed by atoms with van der Waals surface area (Å²) in [5.41, 5.74) is -1.01. The van der Waals surface area contributed by atoms with E-state index >= 15 is 0 Å². The maximum Gasteiger partial charge on any atom is 0.129 e. The Labute approximate surface area is 104 Å². The molecule has 0 heterocycles. The van der Waals surface area contributed by atoms with Crippen molar-refractivity contribution in [2.45, 2.75) is 5.54 Å². The van der Waals surface area contributed by atoms with Crippen LogP contribution in [0.5, 0.6) is 5.75 Å². The summed E-state index contributed by atoms with van der Waals surface area (Å²) in [6.45, 7) is -1.51. The van der Waals surface area contributed by atoms with Gasteiger partial charge in [0.1, 0.15) is 11.3 Å². The van der Waals surface area contributed by atoms with Crippen LogP contribution in [0, 0.1) is 0 Å². The highest BCUT2D eigenvalue weighted by atomic mass is 35.5. The molecule has 4 N–H and O–H groups in total. The molecule has 0 saturated heterocycles. The second-order valence-electron chi connectivity index (χ2n) is 3.66. The van der Waals surface area contributed by atoms with Gasteiger partial charge in [-0.2, -0.15) is 0 Å². The topological polar surface area (TPSA) is 93.3 Å². The van der Waals surface area contributed by atoms with Crippen molar-refractivity contribution in [3.05, 3.63) is 28.8 Å². The molecule has 0 aromatic heterocycles. The van der Waals surface area contributed by atoms with Crippen LogP contribution in [0.15, 0.2) is 23.2 Å². The molecular formula is C11H14ClNO4. The normalized spacial score (nSPS) is 12.2. The quantitative estimate of drug-likeness (QED) is 0.568. The number of nitrogens with zero attached hydrogens (tertiary/aromatic N) is 1. The third-order valence-corrected chi connectivity index (χ3v) is 2.59. The van der Waals surface area contributed by atoms with Crippen LogP contribution in [-0.4, -0.2) is 52.0 Å². The molecule has 0 aliphatic rings. The predicted molar refractivity (Wildman–Crippen MR) is 64.7 cm³/mol. The molecule has 0 unspecified atom stereocenters. The number of aliphatic imine (C=N–C) groups is 1. The Balaban J connectivity index is 2.99. The van der Waals surface area contributed by atoms with E-state index in [1.54, 1.807) is 0 Å². The van der Waals surface area contributed by atoms with Crippen molar-refractivity contribution in [1.82, 2.24) is 0 Å². The summed E-state index contributed by atoms with van der Waals surface area (Å²) in [4.78, 5) is 3.89. The van der Waals surface area contributed by atoms with Gasteiger partial charge in [0.25, 0.3) is 0 Å². The standard InChI is InChI=1S/C11H14ClNO4/c12-9-1-2-10(17)8(3-9)4-13-11(5-14,6-15)7-16/h1-4,14-17H,5-7H2/b13-4+. The van der Waals surface area contributed by atoms with Gasteiger partial charge in [-0.1, -0.05) is 11.6 Å². The van der Waals surface area contributed by atoms with Crippen LogP contribution in [0.25, 0.3) is 0 Å². The van der Waals surface area contributed by atoms with Crippen LogP contribution in [0.3, 0.4) is 0 Å². The van der Waals surface area contributed by atoms with Crippen LogP contribution < -0.4 is 0 Å². The number of halogens is 1. The number of phenols is 1. The van der Waals surface area contributed by atoms with Crippen molar-refractivity contribution in [2.24, 2.45) is 4.99 Å². The Bertz CT molecular complexity index is 396. The minimum absolute atomic E-state index is 0.0270. The van der Waals surface area contributed by atoms with Gasteiger partial charge in [0.2, 0.25) is 0 Å². The molecule has 6 heteroatoms. The van der Waals surface area contributed by atoms with Crippen molar-refractivity contribution in [3.8, 4) is 5.75 Å². The molecular weight excluding hydrogens is 246 g/mol. The average Bonchev–Trinajstić information content (AvgIpc) is 2.35. The zero-order chi connectivity index (χ0) is 12.9. The van der Waals surface area contributed by atoms with E-state index in [0.717, 1.165) is 0 Å². The van der Waals surface area contributed by atoms with Crippen LogP contribution in [0.1, 0.15) is 5.56 Å². The van der Waals surface area contributed by atoms with E-state index < -0.39 is 25.4 Å². The van der Waals surface area contributed by atoms with E-state index in [0.29, 0.717) is 10.6 Å². The molecule has 0 amide bonds. The van der Waals surface area contributed by atoms with E-state index in [1.807, 2.05) is 0 Å². The molecule has 1 rings (SSSR count). The lowest BCUT2D eigenvalue weighted by atomic mass is 10.0. The SMILES string of the molecule is OCC(CO)(CO)/N=C/c1cc(Cl)ccc1O. The van der Waals surface area contributed by atoms with Crippen molar-refractivity contribution in [3.63, 3.8) is 0 Å². The lowest BCUT2D eigenvalue weighted by Crippen LogP contribution is -2.39. The molecule has 17 heavy (non-hydrogen) atoms. The van der Waals surface area contributed by atoms with Gasteiger partial charge in [-0.25, -0.2) is 0 Å². The Kier molecular flexibility index (Phi) is 4.89. The number of phenolic OH excluding ortho intramolecular Hbond substituents is 1. The molecule has 94 valence electrons. The summed E-state index contributed by atoms with van der Waals surface area (Å²) in [7, 11) is 0. The van der Waals surface area contributed by atoms with E-state index in [9.17, 15) is 5.11 Å². The van der Waals surface area contributed by atoms with Crippen LogP contribution in [-0.2, 0) is 0 Å². The van der Waals surface area contributed by atoms with Gasteiger partial charge in [-0.3, -0.25) is 4.99 Å². The molecule has 0 aliphatic carbocycles. The Hall–Kier alpha value is -1.14. The molecule has 0 fully saturated rings. The molecule has 0 atom stereocenters. The monoisotopic (exact) mass is 259 g/mol. The number of aliphatic hydroxyl groups excluding tert-OH is 3. The minimum Gasteiger partial charge on any atom is -0.507 e. The number of rotatable bonds is 5. The number of hydrogen-bond acceptors (Lipinski definition) is 5. The first-order valence-corrected chi connectivity index (χ1v) is 5.31. The summed E-state index contributed by atoms with van der Waals surface area (Å²) >= 11 is 5.75. The zero-order valence-corrected chi connectivity index (χ0v) is 9.80. The summed E-state index contributed by atoms with van der Waals surface area (Å²) in [5, 5.41) is 37.1. The van der Waals surface area contributed by atoms with Crippen molar-refractivity contribution < 1.29 is 20.4 Å². The fourth-order valence-corrected chi connectivity index (χ4v) is 1.29. The van der Waals surface area contributed by atoms with Gasteiger partial charge in [0.15, 0.2) is 0 Å². The maximum atomic E-state index is 9.51. The fourth-order valence-electron chi connectivity index (χ4n) is 1.11. The van der Waals surface area contributed by atoms with Crippen LogP contribution in [0.2, 0.25) is 5.02 Å². The molecule has 0 spiro atoms. The van der Waals surface area contributed by atoms with Gasteiger partial charge < -0.3 is 20.4 Å². The summed E-state index contributed by atoms with van der Waals surface area (Å²) in [5.74, 6) is -0.0270. The van der Waals surface area contributed by atoms with Gasteiger partial charge in [0.05, 0.1) is 19.8 Å². The fraction of sp³-hybridized carbons (Fsp3) is 0.364. The summed E-state index contributed by atoms with van der Waals surface area (Å²) < 4.78 is 0. The van der Waals surface area contributed by atoms with Crippen molar-refractivity contribution in [2.75, 3.05) is 19.8 Å². The second-order valence-corrected chi connectivity index (χ2v) is 4.10. The molecule has 0 radical (unpaired) electrons. The number of aromatic hydroxyl groups is 1. The zero-order valence-electron chi connectivity index (χ0n) is 9.04. The van der Waals surface area contributed by atoms with Gasteiger partial charge in [-0.05, 0) is 18.2 Å². The third kappa shape index (κ3) is 3.41. The molecule has 0 aliphatic heterocycles. The lowest BCUT2D eigenvalue weighted by Gasteiger charge is -2.22. The Morgan fingerprint density at radius 2 is 1.76 bits per heavy atom. The Morgan fingerprint density at radius 3 is 2.29 bits per heavy atom. The smallest absolute Gasteiger partial charge is 0.129 e. The third-order valence-electron chi connectivity index (χ3n) is 2.35. The van der Waals surface area contributed by atoms with Crippen molar-refractivity contribution >= 4 is 17.8 Å². The first-order valence-electron chi connectivity index (χ1n) is 4.93. The van der Waals surface area contributed by atoms with E-state index in [1.165, 1.54) is 24.4 Å². The highest BCUT2D eigenvalue weighted by Crippen LogP contribution is 2.20. The number of hydrogen-bond donors (Lipinski definition) is 4. The molecule has 1 aromatic carbocycles. The predicted octanol–water partition coefficient (Wildman–Crippen LogP) is 0.180. The maximum absolute atomic E-state index is 9.51. The number of aliphatic hydroxyl groups is 3. The van der Waals surface area contributed by atoms with E-state index in [4.69, 9.17) is 26.9 Å². The first-order chi connectivity index (χ1) is 8.06. The summed E-state index contributed by atoms with van der Waals surface area (Å²) in [6, 6.07) is 4.41. The summed E-state index contributed by atoms with van der Waals surface area (Å²) in [6.07, 6.45) is 1.25. The second kappa shape index (κ2) is 5.97.